The third-order valence-electron chi connectivity index (χ3n) is 3.94. The van der Waals surface area contributed by atoms with Gasteiger partial charge in [-0.3, -0.25) is 0 Å². The average Bonchev–Trinajstić information content (AvgIpc) is 3.24. The van der Waals surface area contributed by atoms with E-state index in [2.05, 4.69) is 6.92 Å². The Kier molecular flexibility index (Phi) is 5.18. The van der Waals surface area contributed by atoms with E-state index >= 15 is 0 Å². The summed E-state index contributed by atoms with van der Waals surface area (Å²) in [7, 11) is 0. The van der Waals surface area contributed by atoms with Crippen LogP contribution in [0.5, 0.6) is 0 Å². The molecule has 1 aromatic carbocycles. The Balaban J connectivity index is 1.84. The fourth-order valence-corrected chi connectivity index (χ4v) is 2.60. The van der Waals surface area contributed by atoms with E-state index in [0.717, 1.165) is 24.8 Å². The van der Waals surface area contributed by atoms with Crippen LogP contribution in [0.3, 0.4) is 0 Å². The van der Waals surface area contributed by atoms with Gasteiger partial charge in [-0.15, -0.1) is 0 Å². The molecule has 0 amide bonds. The summed E-state index contributed by atoms with van der Waals surface area (Å²) in [5.74, 6) is -0.216. The lowest BCUT2D eigenvalue weighted by atomic mass is 9.93. The van der Waals surface area contributed by atoms with Gasteiger partial charge in [0, 0.05) is 0 Å². The van der Waals surface area contributed by atoms with Gasteiger partial charge in [-0.05, 0) is 18.4 Å². The second-order valence-corrected chi connectivity index (χ2v) is 5.34. The summed E-state index contributed by atoms with van der Waals surface area (Å²) in [6.45, 7) is 4.72. The zero-order chi connectivity index (χ0) is 14.4. The molecule has 2 unspecified atom stereocenters. The molecule has 20 heavy (non-hydrogen) atoms. The third kappa shape index (κ3) is 3.21. The summed E-state index contributed by atoms with van der Waals surface area (Å²) in [6.07, 6.45) is 4.80. The summed E-state index contributed by atoms with van der Waals surface area (Å²) in [6, 6.07) is 9.94. The molecule has 1 aromatic rings. The molecule has 0 N–H and O–H groups in total. The number of hydrogen-bond acceptors (Lipinski definition) is 3. The molecule has 0 aromatic heterocycles. The van der Waals surface area contributed by atoms with Crippen LogP contribution >= 0.6 is 0 Å². The van der Waals surface area contributed by atoms with E-state index in [1.54, 1.807) is 0 Å². The molecule has 0 saturated carbocycles. The van der Waals surface area contributed by atoms with Crippen LogP contribution in [-0.4, -0.2) is 18.7 Å². The first kappa shape index (κ1) is 15.0. The molecule has 0 spiro atoms. The molecule has 1 aliphatic heterocycles. The Morgan fingerprint density at radius 1 is 1.20 bits per heavy atom. The first-order chi connectivity index (χ1) is 9.74. The van der Waals surface area contributed by atoms with Crippen LogP contribution in [0.15, 0.2) is 30.3 Å². The third-order valence-corrected chi connectivity index (χ3v) is 3.94. The fourth-order valence-electron chi connectivity index (χ4n) is 2.60. The van der Waals surface area contributed by atoms with Crippen LogP contribution in [0.25, 0.3) is 0 Å². The molecule has 2 atom stereocenters. The summed E-state index contributed by atoms with van der Waals surface area (Å²) < 4.78 is 11.0. The lowest BCUT2D eigenvalue weighted by Crippen LogP contribution is -2.21. The summed E-state index contributed by atoms with van der Waals surface area (Å²) in [4.78, 5) is 12.0. The van der Waals surface area contributed by atoms with Crippen molar-refractivity contribution in [1.29, 1.82) is 0 Å². The molecule has 1 saturated heterocycles. The minimum Gasteiger partial charge on any atom is -0.464 e. The van der Waals surface area contributed by atoms with Gasteiger partial charge >= 0.3 is 5.97 Å². The predicted molar refractivity (Wildman–Crippen MR) is 78.4 cm³/mol. The number of rotatable bonds is 8. The maximum absolute atomic E-state index is 12.0. The Bertz CT molecular complexity index is 429. The average molecular weight is 276 g/mol. The van der Waals surface area contributed by atoms with Crippen molar-refractivity contribution in [2.45, 2.75) is 57.7 Å². The van der Waals surface area contributed by atoms with Gasteiger partial charge in [0.15, 0.2) is 6.10 Å². The van der Waals surface area contributed by atoms with Crippen LogP contribution in [0.1, 0.15) is 51.5 Å². The maximum atomic E-state index is 12.0. The number of esters is 1. The molecule has 1 fully saturated rings. The molecule has 2 rings (SSSR count). The second kappa shape index (κ2) is 6.89. The quantitative estimate of drug-likeness (QED) is 0.411. The van der Waals surface area contributed by atoms with E-state index in [4.69, 9.17) is 9.47 Å². The van der Waals surface area contributed by atoms with Crippen molar-refractivity contribution in [2.75, 3.05) is 6.61 Å². The summed E-state index contributed by atoms with van der Waals surface area (Å²) in [5.41, 5.74) is 0.609. The zero-order valence-corrected chi connectivity index (χ0v) is 12.4. The van der Waals surface area contributed by atoms with Gasteiger partial charge < -0.3 is 9.47 Å². The normalized spacial score (nSPS) is 24.4. The largest absolute Gasteiger partial charge is 0.464 e. The van der Waals surface area contributed by atoms with Gasteiger partial charge in [0.25, 0.3) is 0 Å². The van der Waals surface area contributed by atoms with Crippen molar-refractivity contribution in [1.82, 2.24) is 0 Å². The number of ether oxygens (including phenoxy) is 2. The van der Waals surface area contributed by atoms with Crippen molar-refractivity contribution >= 4 is 5.97 Å². The highest BCUT2D eigenvalue weighted by molar-refractivity contribution is 5.80. The Morgan fingerprint density at radius 2 is 1.95 bits per heavy atom. The van der Waals surface area contributed by atoms with E-state index in [1.807, 2.05) is 37.3 Å². The van der Waals surface area contributed by atoms with Crippen LogP contribution in [0.4, 0.5) is 0 Å². The number of epoxide rings is 1. The smallest absolute Gasteiger partial charge is 0.338 e. The van der Waals surface area contributed by atoms with Crippen molar-refractivity contribution < 1.29 is 14.3 Å². The minimum absolute atomic E-state index is 0.216. The van der Waals surface area contributed by atoms with Crippen molar-refractivity contribution in [3.05, 3.63) is 35.9 Å². The molecule has 0 aliphatic carbocycles. The molecular formula is C17H24O3. The van der Waals surface area contributed by atoms with E-state index < -0.39 is 11.7 Å². The van der Waals surface area contributed by atoms with Crippen molar-refractivity contribution in [3.63, 3.8) is 0 Å². The minimum atomic E-state index is -0.457. The highest BCUT2D eigenvalue weighted by Gasteiger charge is 2.61. The maximum Gasteiger partial charge on any atom is 0.338 e. The van der Waals surface area contributed by atoms with E-state index in [0.29, 0.717) is 6.61 Å². The zero-order valence-electron chi connectivity index (χ0n) is 12.4. The number of benzene rings is 1. The number of hydrogen-bond donors (Lipinski definition) is 0. The van der Waals surface area contributed by atoms with Gasteiger partial charge in [-0.25, -0.2) is 4.79 Å². The standard InChI is InChI=1S/C17H24O3/c1-3-5-6-10-13-19-16(18)15-17(4-2,20-15)14-11-8-7-9-12-14/h7-9,11-12,15H,3-6,10,13H2,1-2H3. The molecule has 110 valence electrons. The summed E-state index contributed by atoms with van der Waals surface area (Å²) >= 11 is 0. The topological polar surface area (TPSA) is 38.8 Å². The van der Waals surface area contributed by atoms with Crippen LogP contribution in [0, 0.1) is 0 Å². The van der Waals surface area contributed by atoms with Crippen molar-refractivity contribution in [2.24, 2.45) is 0 Å². The van der Waals surface area contributed by atoms with Gasteiger partial charge in [0.05, 0.1) is 6.61 Å². The Hall–Kier alpha value is -1.35. The van der Waals surface area contributed by atoms with Gasteiger partial charge in [-0.2, -0.15) is 0 Å². The molecule has 0 bridgehead atoms. The van der Waals surface area contributed by atoms with Crippen LogP contribution in [0.2, 0.25) is 0 Å². The van der Waals surface area contributed by atoms with Gasteiger partial charge in [0.2, 0.25) is 0 Å². The predicted octanol–water partition coefficient (Wildman–Crippen LogP) is 3.81. The van der Waals surface area contributed by atoms with Gasteiger partial charge in [-0.1, -0.05) is 63.4 Å². The fraction of sp³-hybridized carbons (Fsp3) is 0.588. The molecule has 1 aliphatic rings. The van der Waals surface area contributed by atoms with Gasteiger partial charge in [0.1, 0.15) is 5.60 Å². The first-order valence-corrected chi connectivity index (χ1v) is 7.64. The molecule has 3 heteroatoms. The molecular weight excluding hydrogens is 252 g/mol. The lowest BCUT2D eigenvalue weighted by Gasteiger charge is -2.10. The second-order valence-electron chi connectivity index (χ2n) is 5.34. The Labute approximate surface area is 121 Å². The summed E-state index contributed by atoms with van der Waals surface area (Å²) in [5, 5.41) is 0. The molecule has 1 heterocycles. The molecule has 0 radical (unpaired) electrons. The van der Waals surface area contributed by atoms with Crippen LogP contribution in [-0.2, 0) is 19.9 Å². The highest BCUT2D eigenvalue weighted by atomic mass is 16.7. The van der Waals surface area contributed by atoms with Crippen LogP contribution < -0.4 is 0 Å². The SMILES string of the molecule is CCCCCCOC(=O)C1OC1(CC)c1ccccc1. The first-order valence-electron chi connectivity index (χ1n) is 7.64. The van der Waals surface area contributed by atoms with E-state index in [9.17, 15) is 4.79 Å². The number of carbonyl (C=O) groups is 1. The lowest BCUT2D eigenvalue weighted by molar-refractivity contribution is -0.145. The van der Waals surface area contributed by atoms with Crippen molar-refractivity contribution in [3.8, 4) is 0 Å². The number of carbonyl (C=O) groups excluding carboxylic acids is 1. The van der Waals surface area contributed by atoms with E-state index in [-0.39, 0.29) is 5.97 Å². The number of unbranched alkanes of at least 4 members (excludes halogenated alkanes) is 3. The highest BCUT2D eigenvalue weighted by Crippen LogP contribution is 2.49. The van der Waals surface area contributed by atoms with E-state index in [1.165, 1.54) is 12.8 Å². The molecule has 3 nitrogen and oxygen atoms in total. The monoisotopic (exact) mass is 276 g/mol. The Morgan fingerprint density at radius 3 is 2.60 bits per heavy atom.